The number of nitrogens with two attached hydrogens (primary N) is 1. The maximum Gasteiger partial charge on any atom is 0.231 e. The molecule has 0 aliphatic carbocycles. The van der Waals surface area contributed by atoms with Gasteiger partial charge < -0.3 is 15.2 Å². The van der Waals surface area contributed by atoms with Crippen LogP contribution in [0.25, 0.3) is 0 Å². The molecule has 0 fully saturated rings. The quantitative estimate of drug-likeness (QED) is 0.866. The first-order valence-corrected chi connectivity index (χ1v) is 5.91. The number of rotatable bonds is 2. The van der Waals surface area contributed by atoms with E-state index >= 15 is 0 Å². The van der Waals surface area contributed by atoms with Crippen molar-refractivity contribution in [3.05, 3.63) is 46.2 Å². The van der Waals surface area contributed by atoms with Gasteiger partial charge in [-0.25, -0.2) is 0 Å². The van der Waals surface area contributed by atoms with Gasteiger partial charge in [0.25, 0.3) is 0 Å². The summed E-state index contributed by atoms with van der Waals surface area (Å²) in [4.78, 5) is 1.15. The van der Waals surface area contributed by atoms with Crippen molar-refractivity contribution in [3.63, 3.8) is 0 Å². The molecule has 2 heterocycles. The Morgan fingerprint density at radius 3 is 2.88 bits per heavy atom. The largest absolute Gasteiger partial charge is 0.454 e. The smallest absolute Gasteiger partial charge is 0.231 e. The van der Waals surface area contributed by atoms with Crippen molar-refractivity contribution in [1.82, 2.24) is 0 Å². The van der Waals surface area contributed by atoms with Crippen LogP contribution in [0.4, 0.5) is 0 Å². The molecule has 4 heteroatoms. The average Bonchev–Trinajstić information content (AvgIpc) is 2.98. The zero-order valence-electron chi connectivity index (χ0n) is 8.55. The molecule has 82 valence electrons. The molecule has 3 rings (SSSR count). The molecule has 0 spiro atoms. The molecule has 1 aliphatic rings. The van der Waals surface area contributed by atoms with Crippen LogP contribution in [0.15, 0.2) is 35.7 Å². The Kier molecular flexibility index (Phi) is 2.31. The van der Waals surface area contributed by atoms with Gasteiger partial charge in [-0.05, 0) is 29.1 Å². The fourth-order valence-corrected chi connectivity index (χ4v) is 2.49. The molecule has 2 aromatic rings. The maximum absolute atomic E-state index is 6.17. The Labute approximate surface area is 97.4 Å². The van der Waals surface area contributed by atoms with E-state index in [0.717, 1.165) is 21.9 Å². The minimum Gasteiger partial charge on any atom is -0.454 e. The van der Waals surface area contributed by atoms with Gasteiger partial charge in [0.2, 0.25) is 6.79 Å². The normalized spacial score (nSPS) is 15.1. The molecule has 1 aromatic carbocycles. The minimum absolute atomic E-state index is 0.0884. The second-order valence-corrected chi connectivity index (χ2v) is 4.59. The molecule has 0 saturated carbocycles. The Bertz CT molecular complexity index is 496. The van der Waals surface area contributed by atoms with Gasteiger partial charge >= 0.3 is 0 Å². The third-order valence-electron chi connectivity index (χ3n) is 2.61. The molecule has 3 nitrogen and oxygen atoms in total. The summed E-state index contributed by atoms with van der Waals surface area (Å²) >= 11 is 1.66. The first-order valence-electron chi connectivity index (χ1n) is 5.03. The van der Waals surface area contributed by atoms with Gasteiger partial charge in [-0.3, -0.25) is 0 Å². The highest BCUT2D eigenvalue weighted by Crippen LogP contribution is 2.35. The van der Waals surface area contributed by atoms with Crippen molar-refractivity contribution < 1.29 is 9.47 Å². The number of hydrogen-bond donors (Lipinski definition) is 1. The predicted molar refractivity (Wildman–Crippen MR) is 62.9 cm³/mol. The third kappa shape index (κ3) is 1.56. The van der Waals surface area contributed by atoms with Crippen LogP contribution in [0.3, 0.4) is 0 Å². The van der Waals surface area contributed by atoms with Crippen molar-refractivity contribution in [2.75, 3.05) is 6.79 Å². The topological polar surface area (TPSA) is 44.5 Å². The van der Waals surface area contributed by atoms with Crippen LogP contribution in [-0.4, -0.2) is 6.79 Å². The van der Waals surface area contributed by atoms with E-state index in [1.807, 2.05) is 35.7 Å². The highest BCUT2D eigenvalue weighted by atomic mass is 32.1. The molecule has 1 aromatic heterocycles. The van der Waals surface area contributed by atoms with Gasteiger partial charge in [0.1, 0.15) is 0 Å². The van der Waals surface area contributed by atoms with Crippen LogP contribution >= 0.6 is 11.3 Å². The summed E-state index contributed by atoms with van der Waals surface area (Å²) in [6, 6.07) is 9.80. The van der Waals surface area contributed by atoms with Gasteiger partial charge in [0, 0.05) is 4.88 Å². The number of benzene rings is 1. The average molecular weight is 233 g/mol. The zero-order valence-corrected chi connectivity index (χ0v) is 9.37. The number of fused-ring (bicyclic) bond motifs is 1. The molecule has 1 atom stereocenters. The van der Waals surface area contributed by atoms with Gasteiger partial charge in [0.05, 0.1) is 6.04 Å². The number of thiophene rings is 1. The highest BCUT2D eigenvalue weighted by Gasteiger charge is 2.17. The molecule has 0 saturated heterocycles. The molecular weight excluding hydrogens is 222 g/mol. The lowest BCUT2D eigenvalue weighted by Crippen LogP contribution is -2.09. The second-order valence-electron chi connectivity index (χ2n) is 3.61. The minimum atomic E-state index is -0.0884. The first-order chi connectivity index (χ1) is 7.84. The van der Waals surface area contributed by atoms with E-state index in [2.05, 4.69) is 0 Å². The summed E-state index contributed by atoms with van der Waals surface area (Å²) in [5, 5.41) is 2.03. The number of ether oxygens (including phenoxy) is 2. The van der Waals surface area contributed by atoms with E-state index in [0.29, 0.717) is 6.79 Å². The van der Waals surface area contributed by atoms with E-state index in [1.54, 1.807) is 11.3 Å². The zero-order chi connectivity index (χ0) is 11.0. The van der Waals surface area contributed by atoms with E-state index in [1.165, 1.54) is 0 Å². The standard InChI is InChI=1S/C12H11NO2S/c13-12(11-2-1-5-16-11)8-3-4-9-10(6-8)15-7-14-9/h1-6,12H,7,13H2/t12-/m0/s1. The third-order valence-corrected chi connectivity index (χ3v) is 3.56. The summed E-state index contributed by atoms with van der Waals surface area (Å²) in [5.74, 6) is 1.58. The van der Waals surface area contributed by atoms with Crippen LogP contribution in [0, 0.1) is 0 Å². The summed E-state index contributed by atoms with van der Waals surface area (Å²) in [5.41, 5.74) is 7.22. The van der Waals surface area contributed by atoms with Crippen molar-refractivity contribution in [2.45, 2.75) is 6.04 Å². The Balaban J connectivity index is 1.95. The van der Waals surface area contributed by atoms with Crippen LogP contribution in [0.5, 0.6) is 11.5 Å². The van der Waals surface area contributed by atoms with E-state index < -0.39 is 0 Å². The summed E-state index contributed by atoms with van der Waals surface area (Å²) < 4.78 is 10.6. The highest BCUT2D eigenvalue weighted by molar-refractivity contribution is 7.10. The molecule has 1 aliphatic heterocycles. The number of hydrogen-bond acceptors (Lipinski definition) is 4. The summed E-state index contributed by atoms with van der Waals surface area (Å²) in [7, 11) is 0. The SMILES string of the molecule is N[C@@H](c1ccc2c(c1)OCO2)c1cccs1. The predicted octanol–water partition coefficient (Wildman–Crippen LogP) is 2.52. The molecule has 0 unspecified atom stereocenters. The molecule has 0 amide bonds. The first kappa shape index (κ1) is 9.69. The van der Waals surface area contributed by atoms with E-state index in [9.17, 15) is 0 Å². The van der Waals surface area contributed by atoms with E-state index in [-0.39, 0.29) is 6.04 Å². The maximum atomic E-state index is 6.17. The van der Waals surface area contributed by atoms with Gasteiger partial charge in [-0.2, -0.15) is 0 Å². The second kappa shape index (κ2) is 3.81. The lowest BCUT2D eigenvalue weighted by atomic mass is 10.1. The molecule has 2 N–H and O–H groups in total. The van der Waals surface area contributed by atoms with Gasteiger partial charge in [-0.1, -0.05) is 12.1 Å². The molecule has 0 bridgehead atoms. The Morgan fingerprint density at radius 2 is 2.06 bits per heavy atom. The lowest BCUT2D eigenvalue weighted by molar-refractivity contribution is 0.174. The summed E-state index contributed by atoms with van der Waals surface area (Å²) in [6.45, 7) is 0.299. The fourth-order valence-electron chi connectivity index (χ4n) is 1.74. The monoisotopic (exact) mass is 233 g/mol. The Hall–Kier alpha value is -1.52. The van der Waals surface area contributed by atoms with Gasteiger partial charge in [0.15, 0.2) is 11.5 Å². The van der Waals surface area contributed by atoms with Crippen LogP contribution in [-0.2, 0) is 0 Å². The Morgan fingerprint density at radius 1 is 1.19 bits per heavy atom. The van der Waals surface area contributed by atoms with Crippen molar-refractivity contribution >= 4 is 11.3 Å². The van der Waals surface area contributed by atoms with Crippen LogP contribution in [0.2, 0.25) is 0 Å². The van der Waals surface area contributed by atoms with E-state index in [4.69, 9.17) is 15.2 Å². The van der Waals surface area contributed by atoms with Crippen LogP contribution < -0.4 is 15.2 Å². The summed E-state index contributed by atoms with van der Waals surface area (Å²) in [6.07, 6.45) is 0. The van der Waals surface area contributed by atoms with Gasteiger partial charge in [-0.15, -0.1) is 11.3 Å². The molecule has 16 heavy (non-hydrogen) atoms. The van der Waals surface area contributed by atoms with Crippen molar-refractivity contribution in [3.8, 4) is 11.5 Å². The van der Waals surface area contributed by atoms with Crippen molar-refractivity contribution in [1.29, 1.82) is 0 Å². The lowest BCUT2D eigenvalue weighted by Gasteiger charge is -2.10. The van der Waals surface area contributed by atoms with Crippen LogP contribution in [0.1, 0.15) is 16.5 Å². The fraction of sp³-hybridized carbons (Fsp3) is 0.167. The molecular formula is C12H11NO2S. The van der Waals surface area contributed by atoms with Crippen molar-refractivity contribution in [2.24, 2.45) is 5.73 Å². The molecule has 0 radical (unpaired) electrons.